The second-order valence-corrected chi connectivity index (χ2v) is 21.5. The van der Waals surface area contributed by atoms with Gasteiger partial charge in [0.2, 0.25) is 47.3 Å². The number of aromatic nitrogens is 2. The van der Waals surface area contributed by atoms with E-state index in [9.17, 15) is 47.9 Å². The number of benzene rings is 2. The highest BCUT2D eigenvalue weighted by Crippen LogP contribution is 2.47. The van der Waals surface area contributed by atoms with Crippen molar-refractivity contribution in [2.45, 2.75) is 82.4 Å². The van der Waals surface area contributed by atoms with Gasteiger partial charge in [0.25, 0.3) is 5.56 Å². The molecule has 8 rings (SSSR count). The molecular weight excluding hydrogens is 1120 g/mol. The molecule has 1 aliphatic carbocycles. The van der Waals surface area contributed by atoms with Gasteiger partial charge in [0.05, 0.1) is 118 Å². The number of rotatable bonds is 31. The Balaban J connectivity index is 0.714. The number of imide groups is 1. The average molecular weight is 1190 g/mol. The maximum Gasteiger partial charge on any atom is 0.316 e. The quantitative estimate of drug-likeness (QED) is 0.0148. The molecule has 8 amide bonds. The first kappa shape index (κ1) is 62.4. The zero-order valence-electron chi connectivity index (χ0n) is 47.1. The van der Waals surface area contributed by atoms with Crippen LogP contribution in [-0.2, 0) is 103 Å². The number of cyclic esters (lactones) is 1. The van der Waals surface area contributed by atoms with Gasteiger partial charge in [0.15, 0.2) is 0 Å². The van der Waals surface area contributed by atoms with Gasteiger partial charge in [-0.1, -0.05) is 37.3 Å². The molecule has 1 saturated heterocycles. The number of fused-ring (bicyclic) bond motifs is 5. The van der Waals surface area contributed by atoms with Crippen molar-refractivity contribution < 1.29 is 76.0 Å². The number of nitrogens with one attached hydrogen (secondary N) is 6. The first-order chi connectivity index (χ1) is 40.4. The molecule has 3 aliphatic heterocycles. The van der Waals surface area contributed by atoms with Crippen LogP contribution in [0.2, 0.25) is 0 Å². The van der Waals surface area contributed by atoms with Crippen LogP contribution in [0.25, 0.3) is 22.3 Å². The highest BCUT2D eigenvalue weighted by molar-refractivity contribution is 8.00. The summed E-state index contributed by atoms with van der Waals surface area (Å²) in [6, 6.07) is 10.1. The lowest BCUT2D eigenvalue weighted by atomic mass is 9.76. The number of amides is 8. The van der Waals surface area contributed by atoms with Gasteiger partial charge in [-0.3, -0.25) is 52.8 Å². The summed E-state index contributed by atoms with van der Waals surface area (Å²) < 4.78 is 49.5. The first-order valence-corrected chi connectivity index (χ1v) is 28.8. The van der Waals surface area contributed by atoms with Crippen molar-refractivity contribution in [2.24, 2.45) is 0 Å². The zero-order valence-corrected chi connectivity index (χ0v) is 47.9. The normalized spacial score (nSPS) is 17.7. The highest BCUT2D eigenvalue weighted by atomic mass is 32.2. The summed E-state index contributed by atoms with van der Waals surface area (Å²) in [6.45, 7) is 4.18. The molecule has 2 aromatic carbocycles. The van der Waals surface area contributed by atoms with Gasteiger partial charge in [-0.15, -0.1) is 0 Å². The molecule has 4 aromatic rings. The lowest BCUT2D eigenvalue weighted by Gasteiger charge is -2.33. The van der Waals surface area contributed by atoms with Crippen LogP contribution >= 0.6 is 11.8 Å². The number of carbonyl (C=O) groups is 9. The number of likely N-dealkylation sites (tertiary alicyclic amines) is 1. The van der Waals surface area contributed by atoms with E-state index in [4.69, 9.17) is 33.4 Å². The second-order valence-electron chi connectivity index (χ2n) is 20.5. The summed E-state index contributed by atoms with van der Waals surface area (Å²) >= 11 is 1.36. The topological polar surface area (TPSA) is 319 Å². The fourth-order valence-corrected chi connectivity index (χ4v) is 11.0. The monoisotopic (exact) mass is 1190 g/mol. The Labute approximate surface area is 486 Å². The smallest absolute Gasteiger partial charge is 0.316 e. The van der Waals surface area contributed by atoms with Gasteiger partial charge in [0, 0.05) is 29.9 Å². The number of hydrogen-bond donors (Lipinski definition) is 6. The van der Waals surface area contributed by atoms with E-state index < -0.39 is 97.7 Å². The van der Waals surface area contributed by atoms with E-state index >= 15 is 4.39 Å². The van der Waals surface area contributed by atoms with Crippen LogP contribution in [0.3, 0.4) is 0 Å². The van der Waals surface area contributed by atoms with Crippen molar-refractivity contribution in [1.82, 2.24) is 46.4 Å². The molecule has 4 atom stereocenters. The van der Waals surface area contributed by atoms with Crippen LogP contribution in [0.5, 0.6) is 0 Å². The SMILES string of the molecule is CC[C@@]1(C)C(=O)OCc2c1cc1n(c2=O)Cc2c-1nc1cc(F)c(C)c3c1c2[C@@H](NC(=O)COCNC(=O)CNC(=O)[C@H](Cc1ccccc1)NC(=O)CNC(=O)CNC(=O)COCCOCCOCCOCCN1C(=O)CC(SC)C1=O)C3. The molecule has 4 aliphatic rings. The summed E-state index contributed by atoms with van der Waals surface area (Å²) in [7, 11) is 0. The number of ether oxygens (including phenoxy) is 6. The van der Waals surface area contributed by atoms with Gasteiger partial charge in [-0.2, -0.15) is 11.8 Å². The molecule has 27 heteroatoms. The maximum absolute atomic E-state index is 15.4. The van der Waals surface area contributed by atoms with Gasteiger partial charge in [-0.05, 0) is 66.8 Å². The lowest BCUT2D eigenvalue weighted by molar-refractivity contribution is -0.153. The van der Waals surface area contributed by atoms with Crippen LogP contribution in [0.1, 0.15) is 71.7 Å². The van der Waals surface area contributed by atoms with E-state index in [1.165, 1.54) is 22.7 Å². The predicted octanol–water partition coefficient (Wildman–Crippen LogP) is 0.0339. The Kier molecular flexibility index (Phi) is 21.3. The van der Waals surface area contributed by atoms with E-state index in [0.29, 0.717) is 67.7 Å². The Hall–Kier alpha value is -7.69. The van der Waals surface area contributed by atoms with Crippen molar-refractivity contribution in [3.8, 4) is 11.4 Å². The molecule has 0 saturated carbocycles. The number of thioether (sulfide) groups is 1. The molecule has 450 valence electrons. The number of carbonyl (C=O) groups excluding carboxylic acids is 9. The van der Waals surface area contributed by atoms with E-state index in [0.717, 1.165) is 0 Å². The maximum atomic E-state index is 15.4. The molecule has 0 radical (unpaired) electrons. The largest absolute Gasteiger partial charge is 0.460 e. The molecule has 6 N–H and O–H groups in total. The van der Waals surface area contributed by atoms with E-state index in [-0.39, 0.29) is 114 Å². The van der Waals surface area contributed by atoms with Crippen LogP contribution < -0.4 is 37.5 Å². The fraction of sp³-hybridized carbons (Fsp3) is 0.491. The van der Waals surface area contributed by atoms with E-state index in [2.05, 4.69) is 31.9 Å². The van der Waals surface area contributed by atoms with Gasteiger partial charge in [-0.25, -0.2) is 9.37 Å². The van der Waals surface area contributed by atoms with Crippen molar-refractivity contribution in [1.29, 1.82) is 0 Å². The van der Waals surface area contributed by atoms with Crippen molar-refractivity contribution in [2.75, 3.05) is 98.6 Å². The van der Waals surface area contributed by atoms with Crippen LogP contribution in [-0.4, -0.2) is 178 Å². The molecule has 25 nitrogen and oxygen atoms in total. The number of halogens is 1. The van der Waals surface area contributed by atoms with Crippen LogP contribution in [0.15, 0.2) is 47.3 Å². The van der Waals surface area contributed by atoms with Crippen LogP contribution in [0, 0.1) is 12.7 Å². The summed E-state index contributed by atoms with van der Waals surface area (Å²) in [5.74, 6) is -5.24. The van der Waals surface area contributed by atoms with Gasteiger partial charge in [0.1, 0.15) is 38.4 Å². The third kappa shape index (κ3) is 14.8. The van der Waals surface area contributed by atoms with Gasteiger partial charge >= 0.3 is 5.97 Å². The van der Waals surface area contributed by atoms with Crippen molar-refractivity contribution in [3.05, 3.63) is 97.6 Å². The molecule has 0 spiro atoms. The number of pyridine rings is 2. The van der Waals surface area contributed by atoms with Crippen LogP contribution in [0.4, 0.5) is 4.39 Å². The van der Waals surface area contributed by atoms with E-state index in [1.807, 2.05) is 6.92 Å². The molecule has 84 heavy (non-hydrogen) atoms. The summed E-state index contributed by atoms with van der Waals surface area (Å²) in [5, 5.41) is 15.6. The Morgan fingerprint density at radius 1 is 0.786 bits per heavy atom. The molecule has 1 fully saturated rings. The lowest BCUT2D eigenvalue weighted by Crippen LogP contribution is -2.52. The number of hydrogen-bond acceptors (Lipinski definition) is 18. The van der Waals surface area contributed by atoms with Crippen molar-refractivity contribution >= 4 is 75.9 Å². The van der Waals surface area contributed by atoms with E-state index in [1.54, 1.807) is 61.1 Å². The second kappa shape index (κ2) is 28.7. The van der Waals surface area contributed by atoms with Gasteiger partial charge < -0.3 is 64.9 Å². The standard InChI is InChI=1S/C57H68FN9O16S/c1-5-57(3)37-21-42-52-35(27-67(42)54(75)36(37)28-83-56(57)77)51-39(20-34-32(2)38(58)22-40(65-52)50(34)51)63-48(72)30-82-31-62-45(69)25-61-53(74)41(19-33-9-7-6-8-10-33)64-46(70)26-59-44(68)24-60-47(71)29-81-18-17-80-16-15-79-14-13-78-12-11-66-49(73)23-43(84-4)55(66)76/h6-10,21-22,39,41,43H,5,11-20,23-31H2,1-4H3,(H,59,68)(H,60,71)(H,61,74)(H,62,69)(H,63,72)(H,64,70)/t39-,41-,43?,57+/m0/s1. The molecular formula is C57H68FN9O16S. The number of esters is 1. The third-order valence-electron chi connectivity index (χ3n) is 15.0. The third-order valence-corrected chi connectivity index (χ3v) is 16.0. The minimum Gasteiger partial charge on any atom is -0.460 e. The summed E-state index contributed by atoms with van der Waals surface area (Å²) in [5.41, 5.74) is 4.02. The molecule has 0 bridgehead atoms. The first-order valence-electron chi connectivity index (χ1n) is 27.5. The molecule has 2 aromatic heterocycles. The fourth-order valence-electron chi connectivity index (χ4n) is 10.3. The summed E-state index contributed by atoms with van der Waals surface area (Å²) in [6.07, 6.45) is 2.67. The molecule has 1 unspecified atom stereocenters. The predicted molar refractivity (Wildman–Crippen MR) is 299 cm³/mol. The number of nitrogens with zero attached hydrogens (tertiary/aromatic N) is 3. The van der Waals surface area contributed by atoms with Crippen molar-refractivity contribution in [3.63, 3.8) is 0 Å². The Morgan fingerprint density at radius 2 is 1.44 bits per heavy atom. The highest BCUT2D eigenvalue weighted by Gasteiger charge is 2.44. The summed E-state index contributed by atoms with van der Waals surface area (Å²) in [4.78, 5) is 135. The Bertz CT molecular complexity index is 3260. The Morgan fingerprint density at radius 3 is 2.14 bits per heavy atom. The minimum atomic E-state index is -1.17. The molecule has 5 heterocycles. The minimum absolute atomic E-state index is 0.0313. The average Bonchev–Trinajstić information content (AvgIpc) is 2.46. The zero-order chi connectivity index (χ0) is 60.1.